The summed E-state index contributed by atoms with van der Waals surface area (Å²) in [5.41, 5.74) is 7.73. The predicted molar refractivity (Wildman–Crippen MR) is 114 cm³/mol. The Morgan fingerprint density at radius 2 is 1.90 bits per heavy atom. The summed E-state index contributed by atoms with van der Waals surface area (Å²) in [6.45, 7) is 4.72. The van der Waals surface area contributed by atoms with E-state index in [9.17, 15) is 19.5 Å². The van der Waals surface area contributed by atoms with Gasteiger partial charge in [0.2, 0.25) is 11.8 Å². The van der Waals surface area contributed by atoms with Crippen LogP contribution in [0.2, 0.25) is 0 Å². The Morgan fingerprint density at radius 1 is 1.23 bits per heavy atom. The normalized spacial score (nSPS) is 17.1. The number of carbonyl (C=O) groups excluding carboxylic acids is 2. The number of para-hydroxylation sites is 1. The zero-order chi connectivity index (χ0) is 21.8. The number of hydrogen-bond acceptors (Lipinski definition) is 4. The monoisotopic (exact) mass is 414 g/mol. The molecule has 5 N–H and O–H groups in total. The Morgan fingerprint density at radius 3 is 2.53 bits per heavy atom. The van der Waals surface area contributed by atoms with E-state index in [0.29, 0.717) is 25.9 Å². The highest BCUT2D eigenvalue weighted by atomic mass is 16.4. The number of aromatic amines is 1. The number of carboxylic acid groups (broad SMARTS) is 1. The van der Waals surface area contributed by atoms with Crippen LogP contribution >= 0.6 is 0 Å². The molecule has 0 bridgehead atoms. The van der Waals surface area contributed by atoms with Gasteiger partial charge < -0.3 is 26.0 Å². The SMILES string of the molecule is CC(C)C(N)C(=O)N1CCC(C(=O)NC(Cc2c[nH]c3ccccc23)C(=O)O)CC1. The van der Waals surface area contributed by atoms with Crippen molar-refractivity contribution in [3.63, 3.8) is 0 Å². The van der Waals surface area contributed by atoms with Gasteiger partial charge in [-0.15, -0.1) is 0 Å². The predicted octanol–water partition coefficient (Wildman–Crippen LogP) is 1.50. The van der Waals surface area contributed by atoms with Crippen LogP contribution in [-0.2, 0) is 20.8 Å². The van der Waals surface area contributed by atoms with E-state index in [4.69, 9.17) is 5.73 Å². The Bertz CT molecular complexity index is 915. The number of carbonyl (C=O) groups is 3. The number of H-pyrrole nitrogens is 1. The maximum absolute atomic E-state index is 12.7. The molecule has 1 aromatic carbocycles. The number of nitrogens with zero attached hydrogens (tertiary/aromatic N) is 1. The average Bonchev–Trinajstić information content (AvgIpc) is 3.15. The minimum atomic E-state index is -1.07. The molecular formula is C22H30N4O4. The molecule has 3 rings (SSSR count). The van der Waals surface area contributed by atoms with E-state index in [-0.39, 0.29) is 30.1 Å². The quantitative estimate of drug-likeness (QED) is 0.546. The fraction of sp³-hybridized carbons (Fsp3) is 0.500. The van der Waals surface area contributed by atoms with Gasteiger partial charge >= 0.3 is 5.97 Å². The first-order chi connectivity index (χ1) is 14.3. The molecule has 1 aliphatic rings. The number of aromatic nitrogens is 1. The molecule has 1 aromatic heterocycles. The molecule has 0 spiro atoms. The maximum atomic E-state index is 12.7. The lowest BCUT2D eigenvalue weighted by Crippen LogP contribution is -2.51. The van der Waals surface area contributed by atoms with E-state index < -0.39 is 18.1 Å². The molecule has 1 fully saturated rings. The van der Waals surface area contributed by atoms with Crippen LogP contribution in [0.1, 0.15) is 32.3 Å². The van der Waals surface area contributed by atoms with Crippen LogP contribution < -0.4 is 11.1 Å². The molecule has 30 heavy (non-hydrogen) atoms. The molecule has 0 radical (unpaired) electrons. The first-order valence-corrected chi connectivity index (χ1v) is 10.4. The molecular weight excluding hydrogens is 384 g/mol. The van der Waals surface area contributed by atoms with Crippen molar-refractivity contribution in [3.8, 4) is 0 Å². The van der Waals surface area contributed by atoms with Crippen LogP contribution in [0.3, 0.4) is 0 Å². The van der Waals surface area contributed by atoms with E-state index in [1.807, 2.05) is 38.1 Å². The summed E-state index contributed by atoms with van der Waals surface area (Å²) in [5, 5.41) is 13.3. The van der Waals surface area contributed by atoms with Gasteiger partial charge in [-0.2, -0.15) is 0 Å². The number of nitrogens with two attached hydrogens (primary N) is 1. The van der Waals surface area contributed by atoms with Crippen molar-refractivity contribution < 1.29 is 19.5 Å². The second-order valence-electron chi connectivity index (χ2n) is 8.33. The number of aliphatic carboxylic acids is 1. The summed E-state index contributed by atoms with van der Waals surface area (Å²) in [5.74, 6) is -1.69. The minimum Gasteiger partial charge on any atom is -0.480 e. The van der Waals surface area contributed by atoms with Gasteiger partial charge in [0.05, 0.1) is 6.04 Å². The highest BCUT2D eigenvalue weighted by Gasteiger charge is 2.32. The lowest BCUT2D eigenvalue weighted by molar-refractivity contribution is -0.143. The summed E-state index contributed by atoms with van der Waals surface area (Å²) in [7, 11) is 0. The smallest absolute Gasteiger partial charge is 0.326 e. The molecule has 2 unspecified atom stereocenters. The number of nitrogens with one attached hydrogen (secondary N) is 2. The van der Waals surface area contributed by atoms with Crippen molar-refractivity contribution in [3.05, 3.63) is 36.0 Å². The third-order valence-electron chi connectivity index (χ3n) is 5.89. The largest absolute Gasteiger partial charge is 0.480 e. The first kappa shape index (κ1) is 21.8. The lowest BCUT2D eigenvalue weighted by Gasteiger charge is -2.34. The Balaban J connectivity index is 1.58. The Labute approximate surface area is 175 Å². The summed E-state index contributed by atoms with van der Waals surface area (Å²) in [4.78, 5) is 41.7. The summed E-state index contributed by atoms with van der Waals surface area (Å²) >= 11 is 0. The Kier molecular flexibility index (Phi) is 6.77. The summed E-state index contributed by atoms with van der Waals surface area (Å²) in [6, 6.07) is 6.11. The van der Waals surface area contributed by atoms with Crippen molar-refractivity contribution in [2.45, 2.75) is 45.2 Å². The van der Waals surface area contributed by atoms with E-state index in [1.165, 1.54) is 0 Å². The minimum absolute atomic E-state index is 0.0550. The molecule has 162 valence electrons. The van der Waals surface area contributed by atoms with Gasteiger partial charge in [0.1, 0.15) is 6.04 Å². The van der Waals surface area contributed by atoms with E-state index in [0.717, 1.165) is 16.5 Å². The molecule has 2 aromatic rings. The number of likely N-dealkylation sites (tertiary alicyclic amines) is 1. The van der Waals surface area contributed by atoms with Crippen LogP contribution in [0.15, 0.2) is 30.5 Å². The Hall–Kier alpha value is -2.87. The van der Waals surface area contributed by atoms with Crippen molar-refractivity contribution in [2.24, 2.45) is 17.6 Å². The zero-order valence-electron chi connectivity index (χ0n) is 17.4. The van der Waals surface area contributed by atoms with Crippen molar-refractivity contribution in [2.75, 3.05) is 13.1 Å². The number of fused-ring (bicyclic) bond motifs is 1. The molecule has 0 saturated carbocycles. The first-order valence-electron chi connectivity index (χ1n) is 10.4. The lowest BCUT2D eigenvalue weighted by atomic mass is 9.93. The molecule has 2 amide bonds. The van der Waals surface area contributed by atoms with Gasteiger partial charge in [0.25, 0.3) is 0 Å². The fourth-order valence-electron chi connectivity index (χ4n) is 3.87. The standard InChI is InChI=1S/C22H30N4O4/c1-13(2)19(23)21(28)26-9-7-14(8-10-26)20(27)25-18(22(29)30)11-15-12-24-17-6-4-3-5-16(15)17/h3-6,12-14,18-19,24H,7-11,23H2,1-2H3,(H,25,27)(H,29,30). The summed E-state index contributed by atoms with van der Waals surface area (Å²) < 4.78 is 0. The van der Waals surface area contributed by atoms with Gasteiger partial charge in [-0.25, -0.2) is 4.79 Å². The molecule has 2 atom stereocenters. The topological polar surface area (TPSA) is 129 Å². The number of carboxylic acids is 1. The molecule has 1 saturated heterocycles. The molecule has 2 heterocycles. The van der Waals surface area contributed by atoms with Crippen LogP contribution in [0, 0.1) is 11.8 Å². The number of amides is 2. The van der Waals surface area contributed by atoms with Gasteiger partial charge in [-0.3, -0.25) is 9.59 Å². The molecule has 8 nitrogen and oxygen atoms in total. The molecule has 1 aliphatic heterocycles. The van der Waals surface area contributed by atoms with Gasteiger partial charge in [0.15, 0.2) is 0 Å². The average molecular weight is 415 g/mol. The van der Waals surface area contributed by atoms with Crippen LogP contribution in [-0.4, -0.2) is 57.9 Å². The van der Waals surface area contributed by atoms with Gasteiger partial charge in [0, 0.05) is 42.5 Å². The van der Waals surface area contributed by atoms with E-state index in [2.05, 4.69) is 10.3 Å². The third-order valence-corrected chi connectivity index (χ3v) is 5.89. The fourth-order valence-corrected chi connectivity index (χ4v) is 3.87. The molecule has 8 heteroatoms. The van der Waals surface area contributed by atoms with Crippen LogP contribution in [0.5, 0.6) is 0 Å². The second-order valence-corrected chi connectivity index (χ2v) is 8.33. The number of benzene rings is 1. The van der Waals surface area contributed by atoms with Crippen molar-refractivity contribution in [1.82, 2.24) is 15.2 Å². The van der Waals surface area contributed by atoms with E-state index in [1.54, 1.807) is 11.1 Å². The van der Waals surface area contributed by atoms with Crippen molar-refractivity contribution >= 4 is 28.7 Å². The maximum Gasteiger partial charge on any atom is 0.326 e. The van der Waals surface area contributed by atoms with Gasteiger partial charge in [-0.05, 0) is 30.4 Å². The second kappa shape index (κ2) is 9.30. The van der Waals surface area contributed by atoms with Crippen LogP contribution in [0.25, 0.3) is 10.9 Å². The van der Waals surface area contributed by atoms with E-state index >= 15 is 0 Å². The summed E-state index contributed by atoms with van der Waals surface area (Å²) in [6.07, 6.45) is 2.99. The zero-order valence-corrected chi connectivity index (χ0v) is 17.4. The molecule has 0 aliphatic carbocycles. The highest BCUT2D eigenvalue weighted by molar-refractivity contribution is 5.88. The van der Waals surface area contributed by atoms with Crippen LogP contribution in [0.4, 0.5) is 0 Å². The number of piperidine rings is 1. The highest BCUT2D eigenvalue weighted by Crippen LogP contribution is 2.21. The third kappa shape index (κ3) is 4.81. The number of hydrogen-bond donors (Lipinski definition) is 4. The van der Waals surface area contributed by atoms with Gasteiger partial charge in [-0.1, -0.05) is 32.0 Å². The number of rotatable bonds is 7. The van der Waals surface area contributed by atoms with Crippen molar-refractivity contribution in [1.29, 1.82) is 0 Å².